The van der Waals surface area contributed by atoms with Gasteiger partial charge in [-0.25, -0.2) is 4.99 Å². The van der Waals surface area contributed by atoms with E-state index in [1.54, 1.807) is 31.1 Å². The second kappa shape index (κ2) is 14.3. The lowest BCUT2D eigenvalue weighted by atomic mass is 10.1. The van der Waals surface area contributed by atoms with Crippen molar-refractivity contribution in [3.8, 4) is 5.75 Å². The third-order valence-corrected chi connectivity index (χ3v) is 7.91. The molecule has 2 atom stereocenters. The van der Waals surface area contributed by atoms with E-state index in [-0.39, 0.29) is 17.7 Å². The highest BCUT2D eigenvalue weighted by atomic mass is 32.1. The summed E-state index contributed by atoms with van der Waals surface area (Å²) in [6.45, 7) is 2.81. The van der Waals surface area contributed by atoms with Gasteiger partial charge in [0.1, 0.15) is 23.7 Å². The zero-order chi connectivity index (χ0) is 31.9. The van der Waals surface area contributed by atoms with Crippen molar-refractivity contribution in [1.29, 1.82) is 0 Å². The Balaban J connectivity index is 1.20. The maximum absolute atomic E-state index is 13.3. The number of nitrogens with zero attached hydrogens (tertiary/aromatic N) is 2. The van der Waals surface area contributed by atoms with Crippen LogP contribution in [0.25, 0.3) is 0 Å². The van der Waals surface area contributed by atoms with Gasteiger partial charge in [0.15, 0.2) is 5.11 Å². The number of anilines is 2. The minimum atomic E-state index is -0.822. The number of amidine groups is 1. The standard InChI is InChI=1S/C33H37N7O4S/c1-20(35-31(42)28(10-6-7-17-34-2)39-33(45)37-22-11-14-24(44-3)15-12-22)30(41)36-23-13-16-27-21(18-23)19-40-29(38-27)25-8-4-5-9-26(25)32(40)43/h4-5,8-9,11-16,18,20,28,34H,6-7,10,17,19H2,1-3H3,(H,35,42)(H,36,41)(H2,37,39,45)/t20?,28-/m0/s1. The summed E-state index contributed by atoms with van der Waals surface area (Å²) >= 11 is 5.49. The number of ether oxygens (including phenoxy) is 1. The van der Waals surface area contributed by atoms with Gasteiger partial charge in [0.2, 0.25) is 11.8 Å². The minimum Gasteiger partial charge on any atom is -0.497 e. The molecule has 0 fully saturated rings. The van der Waals surface area contributed by atoms with Gasteiger partial charge in [-0.05, 0) is 106 Å². The zero-order valence-electron chi connectivity index (χ0n) is 25.5. The average Bonchev–Trinajstić information content (AvgIpc) is 3.32. The number of aliphatic imine (C=N–C) groups is 1. The number of benzene rings is 3. The van der Waals surface area contributed by atoms with Gasteiger partial charge in [-0.15, -0.1) is 0 Å². The van der Waals surface area contributed by atoms with Gasteiger partial charge < -0.3 is 31.3 Å². The fourth-order valence-electron chi connectivity index (χ4n) is 5.25. The number of carbonyl (C=O) groups is 3. The van der Waals surface area contributed by atoms with Crippen LogP contribution in [-0.2, 0) is 16.1 Å². The largest absolute Gasteiger partial charge is 0.497 e. The molecule has 234 valence electrons. The highest BCUT2D eigenvalue weighted by molar-refractivity contribution is 7.80. The van der Waals surface area contributed by atoms with Gasteiger partial charge in [-0.2, -0.15) is 0 Å². The molecule has 0 spiro atoms. The molecule has 2 heterocycles. The van der Waals surface area contributed by atoms with E-state index in [1.807, 2.05) is 61.6 Å². The van der Waals surface area contributed by atoms with E-state index < -0.39 is 12.1 Å². The first-order valence-corrected chi connectivity index (χ1v) is 15.3. The summed E-state index contributed by atoms with van der Waals surface area (Å²) < 4.78 is 5.20. The number of carbonyl (C=O) groups excluding carboxylic acids is 3. The maximum atomic E-state index is 13.3. The molecule has 0 aromatic heterocycles. The van der Waals surface area contributed by atoms with Gasteiger partial charge in [0.05, 0.1) is 24.9 Å². The molecular weight excluding hydrogens is 590 g/mol. The molecule has 5 N–H and O–H groups in total. The molecule has 0 bridgehead atoms. The Morgan fingerprint density at radius 1 is 0.956 bits per heavy atom. The molecule has 1 unspecified atom stereocenters. The monoisotopic (exact) mass is 627 g/mol. The van der Waals surface area contributed by atoms with Crippen molar-refractivity contribution in [3.63, 3.8) is 0 Å². The molecule has 2 aliphatic rings. The van der Waals surface area contributed by atoms with Gasteiger partial charge in [0, 0.05) is 16.9 Å². The smallest absolute Gasteiger partial charge is 0.260 e. The summed E-state index contributed by atoms with van der Waals surface area (Å²) in [5, 5.41) is 15.3. The fraction of sp³-hybridized carbons (Fsp3) is 0.303. The summed E-state index contributed by atoms with van der Waals surface area (Å²) in [7, 11) is 3.48. The third kappa shape index (κ3) is 7.47. The molecule has 12 heteroatoms. The molecule has 0 saturated carbocycles. The quantitative estimate of drug-likeness (QED) is 0.151. The van der Waals surface area contributed by atoms with Crippen molar-refractivity contribution in [1.82, 2.24) is 20.9 Å². The normalized spacial score (nSPS) is 14.2. The van der Waals surface area contributed by atoms with Crippen LogP contribution in [0.15, 0.2) is 71.7 Å². The number of nitrogens with one attached hydrogen (secondary N) is 5. The van der Waals surface area contributed by atoms with E-state index in [2.05, 4.69) is 26.6 Å². The van der Waals surface area contributed by atoms with E-state index in [0.29, 0.717) is 35.2 Å². The fourth-order valence-corrected chi connectivity index (χ4v) is 5.51. The second-order valence-electron chi connectivity index (χ2n) is 10.9. The summed E-state index contributed by atoms with van der Waals surface area (Å²) in [6, 6.07) is 18.6. The van der Waals surface area contributed by atoms with Crippen molar-refractivity contribution >= 4 is 57.9 Å². The molecule has 11 nitrogen and oxygen atoms in total. The topological polar surface area (TPSA) is 136 Å². The maximum Gasteiger partial charge on any atom is 0.260 e. The van der Waals surface area contributed by atoms with Crippen LogP contribution in [-0.4, -0.2) is 66.4 Å². The molecule has 3 amide bonds. The van der Waals surface area contributed by atoms with E-state index >= 15 is 0 Å². The first kappa shape index (κ1) is 31.6. The van der Waals surface area contributed by atoms with Crippen LogP contribution in [0.5, 0.6) is 5.75 Å². The number of hydrogen-bond donors (Lipinski definition) is 5. The van der Waals surface area contributed by atoms with Gasteiger partial charge in [-0.3, -0.25) is 19.3 Å². The lowest BCUT2D eigenvalue weighted by Crippen LogP contribution is -2.52. The van der Waals surface area contributed by atoms with E-state index in [0.717, 1.165) is 47.6 Å². The Morgan fingerprint density at radius 3 is 2.42 bits per heavy atom. The minimum absolute atomic E-state index is 0.0893. The predicted molar refractivity (Wildman–Crippen MR) is 179 cm³/mol. The number of hydrogen-bond acceptors (Lipinski definition) is 7. The SMILES string of the molecule is CNCCCC[C@H](NC(=S)Nc1ccc(OC)cc1)C(=O)NC(C)C(=O)Nc1ccc2c(c1)CN1C(=O)c3ccccc3C1=N2. The van der Waals surface area contributed by atoms with Crippen molar-refractivity contribution in [2.24, 2.45) is 4.99 Å². The van der Waals surface area contributed by atoms with Crippen molar-refractivity contribution in [3.05, 3.63) is 83.4 Å². The Kier molecular flexibility index (Phi) is 10.1. The van der Waals surface area contributed by atoms with Gasteiger partial charge in [0.25, 0.3) is 5.91 Å². The second-order valence-corrected chi connectivity index (χ2v) is 11.3. The van der Waals surface area contributed by atoms with Crippen LogP contribution in [0.3, 0.4) is 0 Å². The average molecular weight is 628 g/mol. The molecule has 3 aromatic carbocycles. The molecule has 0 aliphatic carbocycles. The van der Waals surface area contributed by atoms with Crippen LogP contribution in [0, 0.1) is 0 Å². The Labute approximate surface area is 267 Å². The Morgan fingerprint density at radius 2 is 1.69 bits per heavy atom. The summed E-state index contributed by atoms with van der Waals surface area (Å²) in [6.07, 6.45) is 2.19. The molecule has 3 aromatic rings. The highest BCUT2D eigenvalue weighted by Gasteiger charge is 2.36. The number of fused-ring (bicyclic) bond motifs is 4. The van der Waals surface area contributed by atoms with E-state index in [9.17, 15) is 14.4 Å². The number of thiocarbonyl (C=S) groups is 1. The number of methoxy groups -OCH3 is 1. The van der Waals surface area contributed by atoms with E-state index in [4.69, 9.17) is 21.9 Å². The molecule has 45 heavy (non-hydrogen) atoms. The first-order valence-electron chi connectivity index (χ1n) is 14.9. The molecular formula is C33H37N7O4S. The number of rotatable bonds is 12. The van der Waals surface area contributed by atoms with Crippen LogP contribution in [0.1, 0.15) is 47.7 Å². The Hall–Kier alpha value is -4.81. The van der Waals surface area contributed by atoms with Crippen LogP contribution in [0.2, 0.25) is 0 Å². The van der Waals surface area contributed by atoms with E-state index in [1.165, 1.54) is 0 Å². The molecule has 2 aliphatic heterocycles. The molecule has 5 rings (SSSR count). The zero-order valence-corrected chi connectivity index (χ0v) is 26.3. The van der Waals surface area contributed by atoms with Gasteiger partial charge >= 0.3 is 0 Å². The summed E-state index contributed by atoms with van der Waals surface area (Å²) in [4.78, 5) is 45.8. The first-order chi connectivity index (χ1) is 21.8. The predicted octanol–water partition coefficient (Wildman–Crippen LogP) is 3.93. The van der Waals surface area contributed by atoms with Crippen molar-refractivity contribution in [2.75, 3.05) is 31.3 Å². The third-order valence-electron chi connectivity index (χ3n) is 7.69. The van der Waals surface area contributed by atoms with Crippen molar-refractivity contribution in [2.45, 2.75) is 44.8 Å². The lowest BCUT2D eigenvalue weighted by Gasteiger charge is -2.24. The summed E-state index contributed by atoms with van der Waals surface area (Å²) in [5.41, 5.74) is 4.32. The van der Waals surface area contributed by atoms with Crippen LogP contribution < -0.4 is 31.3 Å². The summed E-state index contributed by atoms with van der Waals surface area (Å²) in [5.74, 6) is 0.568. The van der Waals surface area contributed by atoms with Crippen molar-refractivity contribution < 1.29 is 19.1 Å². The number of amides is 3. The molecule has 0 saturated heterocycles. The van der Waals surface area contributed by atoms with Gasteiger partial charge in [-0.1, -0.05) is 18.2 Å². The highest BCUT2D eigenvalue weighted by Crippen LogP contribution is 2.35. The van der Waals surface area contributed by atoms with Crippen LogP contribution in [0.4, 0.5) is 17.1 Å². The molecule has 0 radical (unpaired) electrons. The lowest BCUT2D eigenvalue weighted by molar-refractivity contribution is -0.127. The Bertz CT molecular complexity index is 1630. The van der Waals surface area contributed by atoms with Crippen LogP contribution >= 0.6 is 12.2 Å². The number of unbranched alkanes of at least 4 members (excludes halogenated alkanes) is 1.